The first-order valence-corrected chi connectivity index (χ1v) is 5.84. The molecule has 2 rings (SSSR count). The van der Waals surface area contributed by atoms with Gasteiger partial charge in [0.25, 0.3) is 6.43 Å². The SMILES string of the molecule is Nc1ncc(Cl)cc1C(O)c1cccc(C(F)F)c1. The number of benzene rings is 1. The van der Waals surface area contributed by atoms with Crippen LogP contribution in [0.3, 0.4) is 0 Å². The van der Waals surface area contributed by atoms with Crippen LogP contribution in [0.4, 0.5) is 14.6 Å². The molecule has 6 heteroatoms. The summed E-state index contributed by atoms with van der Waals surface area (Å²) in [5.41, 5.74) is 6.09. The standard InChI is InChI=1S/C13H11ClF2N2O/c14-9-5-10(13(17)18-6-9)11(19)7-2-1-3-8(4-7)12(15)16/h1-6,11-12,19H,(H2,17,18). The van der Waals surface area contributed by atoms with E-state index < -0.39 is 12.5 Å². The minimum Gasteiger partial charge on any atom is -0.384 e. The van der Waals surface area contributed by atoms with Crippen molar-refractivity contribution >= 4 is 17.4 Å². The third-order valence-corrected chi connectivity index (χ3v) is 2.90. The van der Waals surface area contributed by atoms with Crippen molar-refractivity contribution in [2.75, 3.05) is 5.73 Å². The second kappa shape index (κ2) is 5.50. The van der Waals surface area contributed by atoms with Gasteiger partial charge in [0.15, 0.2) is 0 Å². The van der Waals surface area contributed by atoms with E-state index >= 15 is 0 Å². The number of hydrogen-bond donors (Lipinski definition) is 2. The molecule has 0 fully saturated rings. The van der Waals surface area contributed by atoms with Crippen LogP contribution in [0, 0.1) is 0 Å². The number of pyridine rings is 1. The number of nitrogens with zero attached hydrogens (tertiary/aromatic N) is 1. The summed E-state index contributed by atoms with van der Waals surface area (Å²) < 4.78 is 25.2. The van der Waals surface area contributed by atoms with Crippen LogP contribution in [0.5, 0.6) is 0 Å². The molecule has 2 aromatic rings. The average Bonchev–Trinajstić information content (AvgIpc) is 2.41. The summed E-state index contributed by atoms with van der Waals surface area (Å²) in [5.74, 6) is 0.111. The molecule has 1 aromatic heterocycles. The lowest BCUT2D eigenvalue weighted by atomic mass is 10.0. The molecule has 0 aliphatic rings. The summed E-state index contributed by atoms with van der Waals surface area (Å²) in [6.07, 6.45) is -2.39. The van der Waals surface area contributed by atoms with Crippen molar-refractivity contribution < 1.29 is 13.9 Å². The number of aromatic nitrogens is 1. The highest BCUT2D eigenvalue weighted by Gasteiger charge is 2.17. The summed E-state index contributed by atoms with van der Waals surface area (Å²) in [7, 11) is 0. The molecule has 1 heterocycles. The molecular weight excluding hydrogens is 274 g/mol. The van der Waals surface area contributed by atoms with Gasteiger partial charge >= 0.3 is 0 Å². The molecule has 0 aliphatic carbocycles. The van der Waals surface area contributed by atoms with E-state index in [1.54, 1.807) is 0 Å². The Hall–Kier alpha value is -1.72. The van der Waals surface area contributed by atoms with Crippen molar-refractivity contribution in [3.63, 3.8) is 0 Å². The van der Waals surface area contributed by atoms with Crippen LogP contribution in [0.25, 0.3) is 0 Å². The highest BCUT2D eigenvalue weighted by molar-refractivity contribution is 6.30. The Morgan fingerprint density at radius 1 is 1.21 bits per heavy atom. The average molecular weight is 285 g/mol. The molecular formula is C13H11ClF2N2O. The third-order valence-electron chi connectivity index (χ3n) is 2.69. The van der Waals surface area contributed by atoms with Gasteiger partial charge in [-0.2, -0.15) is 0 Å². The van der Waals surface area contributed by atoms with Gasteiger partial charge in [-0.25, -0.2) is 13.8 Å². The minimum absolute atomic E-state index is 0.111. The molecule has 1 unspecified atom stereocenters. The number of aliphatic hydroxyl groups is 1. The molecule has 3 N–H and O–H groups in total. The summed E-state index contributed by atoms with van der Waals surface area (Å²) in [4.78, 5) is 3.82. The maximum atomic E-state index is 12.6. The van der Waals surface area contributed by atoms with Gasteiger partial charge in [-0.1, -0.05) is 29.8 Å². The molecule has 3 nitrogen and oxygen atoms in total. The monoisotopic (exact) mass is 284 g/mol. The second-order valence-corrected chi connectivity index (χ2v) is 4.44. The maximum absolute atomic E-state index is 12.6. The van der Waals surface area contributed by atoms with Gasteiger partial charge < -0.3 is 10.8 Å². The molecule has 19 heavy (non-hydrogen) atoms. The molecule has 0 bridgehead atoms. The first kappa shape index (κ1) is 13.7. The predicted molar refractivity (Wildman–Crippen MR) is 69.1 cm³/mol. The molecule has 1 atom stereocenters. The number of aliphatic hydroxyl groups excluding tert-OH is 1. The highest BCUT2D eigenvalue weighted by atomic mass is 35.5. The number of alkyl halides is 2. The van der Waals surface area contributed by atoms with Crippen molar-refractivity contribution in [2.45, 2.75) is 12.5 Å². The molecule has 0 saturated carbocycles. The summed E-state index contributed by atoms with van der Waals surface area (Å²) in [6, 6.07) is 6.98. The van der Waals surface area contributed by atoms with Crippen LogP contribution in [0.2, 0.25) is 5.02 Å². The van der Waals surface area contributed by atoms with Crippen molar-refractivity contribution in [1.82, 2.24) is 4.98 Å². The number of nitrogens with two attached hydrogens (primary N) is 1. The number of hydrogen-bond acceptors (Lipinski definition) is 3. The smallest absolute Gasteiger partial charge is 0.263 e. The van der Waals surface area contributed by atoms with Gasteiger partial charge in [0.1, 0.15) is 11.9 Å². The van der Waals surface area contributed by atoms with Crippen molar-refractivity contribution in [3.8, 4) is 0 Å². The summed E-state index contributed by atoms with van der Waals surface area (Å²) >= 11 is 5.78. The number of nitrogen functional groups attached to an aromatic ring is 1. The van der Waals surface area contributed by atoms with Gasteiger partial charge in [-0.3, -0.25) is 0 Å². The van der Waals surface area contributed by atoms with Gasteiger partial charge in [-0.05, 0) is 17.7 Å². The van der Waals surface area contributed by atoms with Crippen molar-refractivity contribution in [3.05, 3.63) is 58.2 Å². The second-order valence-electron chi connectivity index (χ2n) is 4.00. The van der Waals surface area contributed by atoms with Crippen molar-refractivity contribution in [1.29, 1.82) is 0 Å². The van der Waals surface area contributed by atoms with Gasteiger partial charge in [0.05, 0.1) is 5.02 Å². The summed E-state index contributed by atoms with van der Waals surface area (Å²) in [6.45, 7) is 0. The maximum Gasteiger partial charge on any atom is 0.263 e. The van der Waals surface area contributed by atoms with Gasteiger partial charge in [0, 0.05) is 17.3 Å². The molecule has 0 spiro atoms. The Morgan fingerprint density at radius 2 is 1.89 bits per heavy atom. The number of anilines is 1. The fourth-order valence-corrected chi connectivity index (χ4v) is 1.90. The molecule has 0 aliphatic heterocycles. The fraction of sp³-hybridized carbons (Fsp3) is 0.154. The van der Waals surface area contributed by atoms with E-state index in [0.717, 1.165) is 0 Å². The first-order valence-electron chi connectivity index (χ1n) is 5.46. The minimum atomic E-state index is -2.60. The lowest BCUT2D eigenvalue weighted by Crippen LogP contribution is -2.06. The summed E-state index contributed by atoms with van der Waals surface area (Å²) in [5, 5.41) is 10.5. The van der Waals surface area contributed by atoms with E-state index in [9.17, 15) is 13.9 Å². The van der Waals surface area contributed by atoms with Crippen LogP contribution in [0.1, 0.15) is 29.2 Å². The zero-order valence-electron chi connectivity index (χ0n) is 9.72. The Morgan fingerprint density at radius 3 is 2.58 bits per heavy atom. The van der Waals surface area contributed by atoms with E-state index in [2.05, 4.69) is 4.98 Å². The lowest BCUT2D eigenvalue weighted by molar-refractivity contribution is 0.150. The van der Waals surface area contributed by atoms with E-state index in [-0.39, 0.29) is 11.4 Å². The molecule has 0 radical (unpaired) electrons. The predicted octanol–water partition coefficient (Wildman–Crippen LogP) is 3.34. The Balaban J connectivity index is 2.41. The largest absolute Gasteiger partial charge is 0.384 e. The topological polar surface area (TPSA) is 59.1 Å². The Kier molecular flexibility index (Phi) is 3.97. The van der Waals surface area contributed by atoms with E-state index in [4.69, 9.17) is 17.3 Å². The number of rotatable bonds is 3. The van der Waals surface area contributed by atoms with Crippen LogP contribution in [0.15, 0.2) is 36.5 Å². The van der Waals surface area contributed by atoms with Crippen LogP contribution in [-0.2, 0) is 0 Å². The fourth-order valence-electron chi connectivity index (χ4n) is 1.73. The van der Waals surface area contributed by atoms with Gasteiger partial charge in [-0.15, -0.1) is 0 Å². The third kappa shape index (κ3) is 3.00. The van der Waals surface area contributed by atoms with Crippen molar-refractivity contribution in [2.24, 2.45) is 0 Å². The number of halogens is 3. The zero-order valence-corrected chi connectivity index (χ0v) is 10.5. The quantitative estimate of drug-likeness (QED) is 0.909. The molecule has 0 saturated heterocycles. The first-order chi connectivity index (χ1) is 8.99. The Bertz CT molecular complexity index is 593. The van der Waals surface area contributed by atoms with Crippen LogP contribution < -0.4 is 5.73 Å². The Labute approximate surface area is 113 Å². The van der Waals surface area contributed by atoms with E-state index in [1.807, 2.05) is 0 Å². The molecule has 100 valence electrons. The van der Waals surface area contributed by atoms with Crippen LogP contribution >= 0.6 is 11.6 Å². The van der Waals surface area contributed by atoms with Gasteiger partial charge in [0.2, 0.25) is 0 Å². The molecule has 1 aromatic carbocycles. The lowest BCUT2D eigenvalue weighted by Gasteiger charge is -2.14. The normalized spacial score (nSPS) is 12.7. The van der Waals surface area contributed by atoms with E-state index in [1.165, 1.54) is 36.5 Å². The zero-order chi connectivity index (χ0) is 14.0. The van der Waals surface area contributed by atoms with E-state index in [0.29, 0.717) is 16.1 Å². The highest BCUT2D eigenvalue weighted by Crippen LogP contribution is 2.29. The molecule has 0 amide bonds. The van der Waals surface area contributed by atoms with Crippen LogP contribution in [-0.4, -0.2) is 10.1 Å².